The summed E-state index contributed by atoms with van der Waals surface area (Å²) < 4.78 is 20.6. The summed E-state index contributed by atoms with van der Waals surface area (Å²) in [5, 5.41) is 0. The molecule has 4 heteroatoms. The predicted molar refractivity (Wildman–Crippen MR) is 44.2 cm³/mol. The molecule has 0 aromatic heterocycles. The molecular formula is C8H8O3S. The van der Waals surface area contributed by atoms with Gasteiger partial charge in [0.2, 0.25) is 0 Å². The first-order valence-corrected chi connectivity index (χ1v) is 4.61. The molecule has 3 nitrogen and oxygen atoms in total. The van der Waals surface area contributed by atoms with Crippen molar-refractivity contribution in [3.63, 3.8) is 0 Å². The second kappa shape index (κ2) is 3.35. The van der Waals surface area contributed by atoms with Crippen LogP contribution in [0.3, 0.4) is 0 Å². The normalized spacial score (nSPS) is 18.3. The molecule has 1 aliphatic heterocycles. The van der Waals surface area contributed by atoms with E-state index in [1.54, 1.807) is 0 Å². The predicted octanol–water partition coefficient (Wildman–Crippen LogP) is 1.31. The highest BCUT2D eigenvalue weighted by atomic mass is 32.2. The van der Waals surface area contributed by atoms with Gasteiger partial charge < -0.3 is 0 Å². The molecule has 1 aromatic rings. The van der Waals surface area contributed by atoms with Crippen molar-refractivity contribution in [1.82, 2.24) is 0 Å². The van der Waals surface area contributed by atoms with E-state index in [0.29, 0.717) is 13.2 Å². The molecule has 0 fully saturated rings. The Bertz CT molecular complexity index is 282. The minimum absolute atomic E-state index is 0.364. The number of benzene rings is 1. The molecule has 12 heavy (non-hydrogen) atoms. The number of hydrogen-bond acceptors (Lipinski definition) is 3. The van der Waals surface area contributed by atoms with Gasteiger partial charge in [0, 0.05) is 0 Å². The van der Waals surface area contributed by atoms with Crippen molar-refractivity contribution >= 4 is 11.4 Å². The molecule has 0 amide bonds. The third kappa shape index (κ3) is 1.55. The topological polar surface area (TPSA) is 35.5 Å². The molecule has 0 saturated heterocycles. The van der Waals surface area contributed by atoms with E-state index in [2.05, 4.69) is 0 Å². The lowest BCUT2D eigenvalue weighted by molar-refractivity contribution is 0.255. The summed E-state index contributed by atoms with van der Waals surface area (Å²) in [6, 6.07) is 7.75. The molecule has 0 saturated carbocycles. The number of fused-ring (bicyclic) bond motifs is 1. The summed E-state index contributed by atoms with van der Waals surface area (Å²) in [6.07, 6.45) is 0. The SMILES string of the molecule is O=S1OCc2ccccc2CO1. The Balaban J connectivity index is 2.32. The van der Waals surface area contributed by atoms with Gasteiger partial charge in [-0.25, -0.2) is 0 Å². The van der Waals surface area contributed by atoms with E-state index in [-0.39, 0.29) is 0 Å². The quantitative estimate of drug-likeness (QED) is 0.610. The average molecular weight is 184 g/mol. The molecule has 0 spiro atoms. The van der Waals surface area contributed by atoms with Crippen molar-refractivity contribution in [2.75, 3.05) is 0 Å². The molecule has 0 radical (unpaired) electrons. The fourth-order valence-electron chi connectivity index (χ4n) is 1.10. The van der Waals surface area contributed by atoms with Gasteiger partial charge in [-0.1, -0.05) is 24.3 Å². The molecular weight excluding hydrogens is 176 g/mol. The third-order valence-corrected chi connectivity index (χ3v) is 2.36. The van der Waals surface area contributed by atoms with E-state index in [4.69, 9.17) is 8.37 Å². The Hall–Kier alpha value is -0.710. The van der Waals surface area contributed by atoms with Crippen molar-refractivity contribution in [3.8, 4) is 0 Å². The van der Waals surface area contributed by atoms with E-state index < -0.39 is 11.4 Å². The van der Waals surface area contributed by atoms with Crippen molar-refractivity contribution in [2.45, 2.75) is 13.2 Å². The fraction of sp³-hybridized carbons (Fsp3) is 0.250. The zero-order chi connectivity index (χ0) is 8.39. The molecule has 2 rings (SSSR count). The molecule has 0 bridgehead atoms. The van der Waals surface area contributed by atoms with Crippen LogP contribution < -0.4 is 0 Å². The minimum atomic E-state index is -1.58. The molecule has 0 atom stereocenters. The maximum atomic E-state index is 10.8. The van der Waals surface area contributed by atoms with E-state index in [1.807, 2.05) is 24.3 Å². The first-order valence-electron chi connectivity index (χ1n) is 3.61. The summed E-state index contributed by atoms with van der Waals surface area (Å²) in [7, 11) is 0. The first kappa shape index (κ1) is 7.91. The zero-order valence-corrected chi connectivity index (χ0v) is 7.17. The van der Waals surface area contributed by atoms with Gasteiger partial charge in [0.15, 0.2) is 0 Å². The Morgan fingerprint density at radius 1 is 1.08 bits per heavy atom. The van der Waals surface area contributed by atoms with Crippen LogP contribution >= 0.6 is 0 Å². The second-order valence-corrected chi connectivity index (χ2v) is 3.38. The van der Waals surface area contributed by atoms with Crippen LogP contribution in [0, 0.1) is 0 Å². The molecule has 1 aliphatic rings. The zero-order valence-electron chi connectivity index (χ0n) is 6.36. The highest BCUT2D eigenvalue weighted by Gasteiger charge is 2.11. The number of hydrogen-bond donors (Lipinski definition) is 0. The Morgan fingerprint density at radius 3 is 2.08 bits per heavy atom. The van der Waals surface area contributed by atoms with Crippen LogP contribution in [0.4, 0.5) is 0 Å². The third-order valence-electron chi connectivity index (χ3n) is 1.74. The lowest BCUT2D eigenvalue weighted by Gasteiger charge is -1.99. The van der Waals surface area contributed by atoms with Crippen molar-refractivity contribution in [1.29, 1.82) is 0 Å². The summed E-state index contributed by atoms with van der Waals surface area (Å²) in [6.45, 7) is 0.728. The van der Waals surface area contributed by atoms with Crippen LogP contribution in [0.1, 0.15) is 11.1 Å². The summed E-state index contributed by atoms with van der Waals surface area (Å²) in [5.41, 5.74) is 2.09. The Labute approximate surface area is 73.2 Å². The van der Waals surface area contributed by atoms with E-state index >= 15 is 0 Å². The van der Waals surface area contributed by atoms with Gasteiger partial charge >= 0.3 is 11.4 Å². The van der Waals surface area contributed by atoms with Gasteiger partial charge in [-0.15, -0.1) is 0 Å². The van der Waals surface area contributed by atoms with Gasteiger partial charge in [-0.05, 0) is 11.1 Å². The summed E-state index contributed by atoms with van der Waals surface area (Å²) in [5.74, 6) is 0. The van der Waals surface area contributed by atoms with E-state index in [9.17, 15) is 4.21 Å². The van der Waals surface area contributed by atoms with Gasteiger partial charge in [-0.2, -0.15) is 4.21 Å². The Morgan fingerprint density at radius 2 is 1.58 bits per heavy atom. The second-order valence-electron chi connectivity index (χ2n) is 2.50. The largest absolute Gasteiger partial charge is 0.305 e. The van der Waals surface area contributed by atoms with Gasteiger partial charge in [-0.3, -0.25) is 8.37 Å². The lowest BCUT2D eigenvalue weighted by Crippen LogP contribution is -1.95. The maximum absolute atomic E-state index is 10.8. The highest BCUT2D eigenvalue weighted by molar-refractivity contribution is 7.75. The highest BCUT2D eigenvalue weighted by Crippen LogP contribution is 2.16. The van der Waals surface area contributed by atoms with Crippen LogP contribution in [0.15, 0.2) is 24.3 Å². The van der Waals surface area contributed by atoms with Gasteiger partial charge in [0.1, 0.15) is 0 Å². The average Bonchev–Trinajstić information content (AvgIpc) is 2.29. The molecule has 0 unspecified atom stereocenters. The van der Waals surface area contributed by atoms with Crippen molar-refractivity contribution in [2.24, 2.45) is 0 Å². The fourth-order valence-corrected chi connectivity index (χ4v) is 1.61. The first-order chi connectivity index (χ1) is 5.86. The van der Waals surface area contributed by atoms with E-state index in [0.717, 1.165) is 11.1 Å². The molecule has 0 aliphatic carbocycles. The van der Waals surface area contributed by atoms with Gasteiger partial charge in [0.25, 0.3) is 0 Å². The van der Waals surface area contributed by atoms with Crippen molar-refractivity contribution < 1.29 is 12.6 Å². The Kier molecular flexibility index (Phi) is 2.21. The summed E-state index contributed by atoms with van der Waals surface area (Å²) in [4.78, 5) is 0. The maximum Gasteiger partial charge on any atom is 0.305 e. The monoisotopic (exact) mass is 184 g/mol. The molecule has 1 aromatic carbocycles. The number of rotatable bonds is 0. The van der Waals surface area contributed by atoms with Crippen LogP contribution in [-0.4, -0.2) is 4.21 Å². The van der Waals surface area contributed by atoms with Crippen molar-refractivity contribution in [3.05, 3.63) is 35.4 Å². The van der Waals surface area contributed by atoms with Crippen LogP contribution in [-0.2, 0) is 32.9 Å². The van der Waals surface area contributed by atoms with Crippen LogP contribution in [0.25, 0.3) is 0 Å². The van der Waals surface area contributed by atoms with Gasteiger partial charge in [0.05, 0.1) is 13.2 Å². The molecule has 64 valence electrons. The lowest BCUT2D eigenvalue weighted by atomic mass is 10.1. The summed E-state index contributed by atoms with van der Waals surface area (Å²) >= 11 is -1.58. The smallest absolute Gasteiger partial charge is 0.264 e. The van der Waals surface area contributed by atoms with Crippen LogP contribution in [0.5, 0.6) is 0 Å². The van der Waals surface area contributed by atoms with Crippen LogP contribution in [0.2, 0.25) is 0 Å². The standard InChI is InChI=1S/C8H8O3S/c9-12-10-5-7-3-1-2-4-8(7)6-11-12/h1-4H,5-6H2. The molecule has 1 heterocycles. The van der Waals surface area contributed by atoms with E-state index in [1.165, 1.54) is 0 Å². The minimum Gasteiger partial charge on any atom is -0.264 e. The molecule has 0 N–H and O–H groups in total.